The Labute approximate surface area is 78.9 Å². The molecule has 0 fully saturated rings. The van der Waals surface area contributed by atoms with Gasteiger partial charge >= 0.3 is 0 Å². The fourth-order valence-corrected chi connectivity index (χ4v) is 1.37. The van der Waals surface area contributed by atoms with Gasteiger partial charge in [0.2, 0.25) is 0 Å². The Morgan fingerprint density at radius 1 is 1.69 bits per heavy atom. The Morgan fingerprint density at radius 3 is 2.85 bits per heavy atom. The fourth-order valence-electron chi connectivity index (χ4n) is 1.37. The number of hydrogen-bond acceptors (Lipinski definition) is 3. The first-order valence-electron chi connectivity index (χ1n) is 4.54. The largest absolute Gasteiger partial charge is 0.384 e. The van der Waals surface area contributed by atoms with Gasteiger partial charge in [-0.2, -0.15) is 0 Å². The van der Waals surface area contributed by atoms with Crippen LogP contribution in [0.4, 0.5) is 0 Å². The van der Waals surface area contributed by atoms with Gasteiger partial charge in [0.05, 0.1) is 0 Å². The van der Waals surface area contributed by atoms with Gasteiger partial charge in [0.15, 0.2) is 5.72 Å². The molecule has 13 heavy (non-hydrogen) atoms. The van der Waals surface area contributed by atoms with E-state index >= 15 is 0 Å². The zero-order chi connectivity index (χ0) is 9.90. The molecule has 0 aromatic heterocycles. The molecule has 0 radical (unpaired) electrons. The van der Waals surface area contributed by atoms with Gasteiger partial charge in [0.1, 0.15) is 6.10 Å². The molecule has 3 heteroatoms. The number of rotatable bonds is 3. The summed E-state index contributed by atoms with van der Waals surface area (Å²) < 4.78 is 5.01. The normalized spacial score (nSPS) is 33.2. The Morgan fingerprint density at radius 2 is 2.38 bits per heavy atom. The summed E-state index contributed by atoms with van der Waals surface area (Å²) in [6, 6.07) is 0. The third-order valence-corrected chi connectivity index (χ3v) is 2.28. The number of hydrogen-bond donors (Lipinski definition) is 2. The van der Waals surface area contributed by atoms with Crippen molar-refractivity contribution in [3.63, 3.8) is 0 Å². The maximum atomic E-state index is 9.65. The lowest BCUT2D eigenvalue weighted by Crippen LogP contribution is -2.51. The molecule has 0 amide bonds. The standard InChI is InChI=1S/C10H17NO2/c1-3-4-8-5-6-10(11,13-2)9(12)7-8/h5-7,9,12H,3-4,11H2,1-2H3. The highest BCUT2D eigenvalue weighted by atomic mass is 16.5. The van der Waals surface area contributed by atoms with Crippen LogP contribution in [0.25, 0.3) is 0 Å². The first-order chi connectivity index (χ1) is 6.12. The van der Waals surface area contributed by atoms with E-state index in [0.717, 1.165) is 18.4 Å². The van der Waals surface area contributed by atoms with Crippen molar-refractivity contribution in [3.8, 4) is 0 Å². The van der Waals surface area contributed by atoms with Gasteiger partial charge in [-0.3, -0.25) is 5.73 Å². The Balaban J connectivity index is 2.72. The van der Waals surface area contributed by atoms with Crippen LogP contribution in [0.15, 0.2) is 23.8 Å². The van der Waals surface area contributed by atoms with E-state index in [0.29, 0.717) is 0 Å². The van der Waals surface area contributed by atoms with Gasteiger partial charge < -0.3 is 9.84 Å². The van der Waals surface area contributed by atoms with E-state index in [1.165, 1.54) is 7.11 Å². The van der Waals surface area contributed by atoms with Gasteiger partial charge in [-0.25, -0.2) is 0 Å². The molecule has 0 aliphatic heterocycles. The van der Waals surface area contributed by atoms with Crippen molar-refractivity contribution in [2.24, 2.45) is 5.73 Å². The van der Waals surface area contributed by atoms with Crippen LogP contribution in [0, 0.1) is 0 Å². The van der Waals surface area contributed by atoms with E-state index in [1.54, 1.807) is 12.2 Å². The molecular formula is C10H17NO2. The SMILES string of the molecule is CCCC1=CC(O)C(N)(OC)C=C1. The van der Waals surface area contributed by atoms with Gasteiger partial charge in [-0.05, 0) is 24.1 Å². The summed E-state index contributed by atoms with van der Waals surface area (Å²) in [5.41, 5.74) is 5.83. The first kappa shape index (κ1) is 10.4. The summed E-state index contributed by atoms with van der Waals surface area (Å²) in [5, 5.41) is 9.65. The fraction of sp³-hybridized carbons (Fsp3) is 0.600. The molecule has 2 atom stereocenters. The summed E-state index contributed by atoms with van der Waals surface area (Å²) in [6.07, 6.45) is 6.67. The molecule has 0 saturated heterocycles. The quantitative estimate of drug-likeness (QED) is 0.640. The zero-order valence-corrected chi connectivity index (χ0v) is 8.16. The number of ether oxygens (including phenoxy) is 1. The minimum Gasteiger partial charge on any atom is -0.384 e. The van der Waals surface area contributed by atoms with Crippen molar-refractivity contribution in [1.82, 2.24) is 0 Å². The zero-order valence-electron chi connectivity index (χ0n) is 8.16. The molecule has 3 N–H and O–H groups in total. The van der Waals surface area contributed by atoms with Crippen molar-refractivity contribution in [2.45, 2.75) is 31.6 Å². The lowest BCUT2D eigenvalue weighted by Gasteiger charge is -2.31. The summed E-state index contributed by atoms with van der Waals surface area (Å²) in [6.45, 7) is 2.10. The Kier molecular flexibility index (Phi) is 3.25. The molecule has 0 aromatic carbocycles. The maximum Gasteiger partial charge on any atom is 0.165 e. The molecule has 0 aromatic rings. The molecule has 2 unspecified atom stereocenters. The molecule has 0 spiro atoms. The van der Waals surface area contributed by atoms with Crippen LogP contribution < -0.4 is 5.73 Å². The molecule has 3 nitrogen and oxygen atoms in total. The lowest BCUT2D eigenvalue weighted by molar-refractivity contribution is -0.0452. The predicted molar refractivity (Wildman–Crippen MR) is 52.1 cm³/mol. The van der Waals surface area contributed by atoms with Crippen LogP contribution in [0.2, 0.25) is 0 Å². The lowest BCUT2D eigenvalue weighted by atomic mass is 9.95. The number of methoxy groups -OCH3 is 1. The van der Waals surface area contributed by atoms with Gasteiger partial charge in [0, 0.05) is 7.11 Å². The van der Waals surface area contributed by atoms with Gasteiger partial charge in [0.25, 0.3) is 0 Å². The second-order valence-electron chi connectivity index (χ2n) is 3.33. The van der Waals surface area contributed by atoms with E-state index < -0.39 is 11.8 Å². The first-order valence-corrected chi connectivity index (χ1v) is 4.54. The van der Waals surface area contributed by atoms with Crippen molar-refractivity contribution < 1.29 is 9.84 Å². The molecule has 1 aliphatic carbocycles. The minimum absolute atomic E-state index is 0.746. The highest BCUT2D eigenvalue weighted by Crippen LogP contribution is 2.22. The highest BCUT2D eigenvalue weighted by molar-refractivity contribution is 5.30. The second-order valence-corrected chi connectivity index (χ2v) is 3.33. The monoisotopic (exact) mass is 183 g/mol. The number of nitrogens with two attached hydrogens (primary N) is 1. The van der Waals surface area contributed by atoms with Crippen molar-refractivity contribution in [1.29, 1.82) is 0 Å². The van der Waals surface area contributed by atoms with Crippen LogP contribution in [-0.4, -0.2) is 24.0 Å². The Bertz CT molecular complexity index is 235. The van der Waals surface area contributed by atoms with E-state index in [-0.39, 0.29) is 0 Å². The van der Waals surface area contributed by atoms with Crippen LogP contribution in [0.1, 0.15) is 19.8 Å². The number of allylic oxidation sites excluding steroid dienone is 2. The van der Waals surface area contributed by atoms with E-state index in [4.69, 9.17) is 10.5 Å². The molecule has 1 aliphatic rings. The third kappa shape index (κ3) is 2.18. The summed E-state index contributed by atoms with van der Waals surface area (Å²) in [4.78, 5) is 0. The summed E-state index contributed by atoms with van der Waals surface area (Å²) in [7, 11) is 1.49. The molecule has 74 valence electrons. The molecule has 1 rings (SSSR count). The van der Waals surface area contributed by atoms with Crippen molar-refractivity contribution in [3.05, 3.63) is 23.8 Å². The van der Waals surface area contributed by atoms with Crippen molar-refractivity contribution >= 4 is 0 Å². The minimum atomic E-state index is -1.04. The summed E-state index contributed by atoms with van der Waals surface area (Å²) in [5.74, 6) is 0. The summed E-state index contributed by atoms with van der Waals surface area (Å²) >= 11 is 0. The molecule has 0 saturated carbocycles. The maximum absolute atomic E-state index is 9.65. The smallest absolute Gasteiger partial charge is 0.165 e. The number of aliphatic hydroxyl groups is 1. The average molecular weight is 183 g/mol. The van der Waals surface area contributed by atoms with Crippen LogP contribution in [0.5, 0.6) is 0 Å². The third-order valence-electron chi connectivity index (χ3n) is 2.28. The molecule has 0 heterocycles. The van der Waals surface area contributed by atoms with E-state index in [2.05, 4.69) is 6.92 Å². The van der Waals surface area contributed by atoms with Crippen molar-refractivity contribution in [2.75, 3.05) is 7.11 Å². The van der Waals surface area contributed by atoms with Crippen LogP contribution in [-0.2, 0) is 4.74 Å². The Hall–Kier alpha value is -0.640. The van der Waals surface area contributed by atoms with E-state index in [1.807, 2.05) is 6.08 Å². The number of aliphatic hydroxyl groups excluding tert-OH is 1. The molecular weight excluding hydrogens is 166 g/mol. The van der Waals surface area contributed by atoms with E-state index in [9.17, 15) is 5.11 Å². The van der Waals surface area contributed by atoms with Gasteiger partial charge in [-0.1, -0.05) is 19.4 Å². The predicted octanol–water partition coefficient (Wildman–Crippen LogP) is 0.945. The van der Waals surface area contributed by atoms with Crippen LogP contribution >= 0.6 is 0 Å². The average Bonchev–Trinajstić information content (AvgIpc) is 2.12. The highest BCUT2D eigenvalue weighted by Gasteiger charge is 2.31. The topological polar surface area (TPSA) is 55.5 Å². The van der Waals surface area contributed by atoms with Gasteiger partial charge in [-0.15, -0.1) is 0 Å². The second kappa shape index (κ2) is 4.05. The molecule has 0 bridgehead atoms. The van der Waals surface area contributed by atoms with Crippen LogP contribution in [0.3, 0.4) is 0 Å².